The molecule has 0 aromatic rings. The average molecular weight is 312 g/mol. The lowest BCUT2D eigenvalue weighted by Crippen LogP contribution is -2.07. The van der Waals surface area contributed by atoms with Gasteiger partial charge in [-0.2, -0.15) is 0 Å². The van der Waals surface area contributed by atoms with Gasteiger partial charge >= 0.3 is 11.9 Å². The number of rotatable bonds is 11. The summed E-state index contributed by atoms with van der Waals surface area (Å²) in [5.74, 6) is -0.567. The summed E-state index contributed by atoms with van der Waals surface area (Å²) in [6.45, 7) is 14.0. The molecule has 0 atom stereocenters. The van der Waals surface area contributed by atoms with Crippen molar-refractivity contribution in [1.82, 2.24) is 0 Å². The summed E-state index contributed by atoms with van der Waals surface area (Å²) in [6.07, 6.45) is 8.36. The first kappa shape index (κ1) is 22.7. The summed E-state index contributed by atoms with van der Waals surface area (Å²) in [7, 11) is 0. The Morgan fingerprint density at radius 2 is 1.50 bits per heavy atom. The average Bonchev–Trinajstić information content (AvgIpc) is 2.54. The molecule has 0 spiro atoms. The predicted octanol–water partition coefficient (Wildman–Crippen LogP) is 4.59. The van der Waals surface area contributed by atoms with Gasteiger partial charge in [0.2, 0.25) is 0 Å². The molecule has 0 radical (unpaired) electrons. The first-order chi connectivity index (χ1) is 10.5. The van der Waals surface area contributed by atoms with Crippen LogP contribution in [0.4, 0.5) is 0 Å². The molecule has 0 saturated carbocycles. The summed E-state index contributed by atoms with van der Waals surface area (Å²) in [5.41, 5.74) is 0.565. The Morgan fingerprint density at radius 3 is 2.00 bits per heavy atom. The van der Waals surface area contributed by atoms with Crippen molar-refractivity contribution < 1.29 is 19.1 Å². The molecule has 0 amide bonds. The van der Waals surface area contributed by atoms with Crippen molar-refractivity contribution in [3.63, 3.8) is 0 Å². The largest absolute Gasteiger partial charge is 0.463 e. The molecule has 0 heterocycles. The molecule has 0 aromatic heterocycles. The molecule has 128 valence electrons. The van der Waals surface area contributed by atoms with Crippen molar-refractivity contribution in [3.05, 3.63) is 24.8 Å². The molecule has 0 unspecified atom stereocenters. The van der Waals surface area contributed by atoms with Crippen molar-refractivity contribution >= 4 is 11.9 Å². The van der Waals surface area contributed by atoms with E-state index in [4.69, 9.17) is 4.74 Å². The fraction of sp³-hybridized carbons (Fsp3) is 0.667. The van der Waals surface area contributed by atoms with Gasteiger partial charge in [-0.25, -0.2) is 9.59 Å². The van der Waals surface area contributed by atoms with E-state index < -0.39 is 0 Å². The van der Waals surface area contributed by atoms with Gasteiger partial charge in [0, 0.05) is 11.6 Å². The second-order valence-electron chi connectivity index (χ2n) is 4.88. The van der Waals surface area contributed by atoms with Crippen LogP contribution in [0, 0.1) is 0 Å². The second kappa shape index (κ2) is 17.5. The Morgan fingerprint density at radius 1 is 0.909 bits per heavy atom. The highest BCUT2D eigenvalue weighted by atomic mass is 16.5. The van der Waals surface area contributed by atoms with Crippen LogP contribution >= 0.6 is 0 Å². The number of esters is 2. The van der Waals surface area contributed by atoms with Crippen LogP contribution in [-0.2, 0) is 19.1 Å². The van der Waals surface area contributed by atoms with E-state index in [1.54, 1.807) is 0 Å². The maximum atomic E-state index is 11.1. The lowest BCUT2D eigenvalue weighted by atomic mass is 10.2. The molecular formula is C18H32O4. The van der Waals surface area contributed by atoms with Gasteiger partial charge in [0.25, 0.3) is 0 Å². The predicted molar refractivity (Wildman–Crippen MR) is 90.6 cm³/mol. The van der Waals surface area contributed by atoms with E-state index in [0.29, 0.717) is 25.2 Å². The molecule has 22 heavy (non-hydrogen) atoms. The van der Waals surface area contributed by atoms with Crippen LogP contribution in [0.3, 0.4) is 0 Å². The molecule has 0 rings (SSSR count). The maximum Gasteiger partial charge on any atom is 0.333 e. The van der Waals surface area contributed by atoms with E-state index in [1.807, 2.05) is 13.8 Å². The van der Waals surface area contributed by atoms with Gasteiger partial charge in [-0.15, -0.1) is 0 Å². The Balaban J connectivity index is 0. The van der Waals surface area contributed by atoms with E-state index in [9.17, 15) is 9.59 Å². The van der Waals surface area contributed by atoms with E-state index in [1.165, 1.54) is 18.9 Å². The third-order valence-electron chi connectivity index (χ3n) is 2.86. The van der Waals surface area contributed by atoms with Crippen molar-refractivity contribution in [3.8, 4) is 0 Å². The highest BCUT2D eigenvalue weighted by Gasteiger charge is 2.04. The first-order valence-corrected chi connectivity index (χ1v) is 8.17. The molecule has 0 fully saturated rings. The lowest BCUT2D eigenvalue weighted by molar-refractivity contribution is -0.139. The molecule has 0 aliphatic carbocycles. The quantitative estimate of drug-likeness (QED) is 0.318. The van der Waals surface area contributed by atoms with Crippen molar-refractivity contribution in [2.45, 2.75) is 65.7 Å². The normalized spacial score (nSPS) is 9.23. The Hall–Kier alpha value is -1.58. The van der Waals surface area contributed by atoms with Crippen molar-refractivity contribution in [1.29, 1.82) is 0 Å². The van der Waals surface area contributed by atoms with Gasteiger partial charge < -0.3 is 9.47 Å². The van der Waals surface area contributed by atoms with E-state index in [2.05, 4.69) is 24.8 Å². The fourth-order valence-electron chi connectivity index (χ4n) is 1.32. The number of unbranched alkanes of at least 4 members (excludes halogenated alkanes) is 4. The molecular weight excluding hydrogens is 280 g/mol. The molecule has 0 saturated heterocycles. The Bertz CT molecular complexity index is 321. The standard InChI is InChI=1S/C11H20O2.C7H12O2/c1-4-6-7-8-9-13-11(12)10(3)5-2;1-3-5-6-9-7(8)4-2/h3-9H2,1-2H3;4H,2-3,5-6H2,1H3. The summed E-state index contributed by atoms with van der Waals surface area (Å²) < 4.78 is 9.68. The van der Waals surface area contributed by atoms with Crippen LogP contribution in [0.2, 0.25) is 0 Å². The van der Waals surface area contributed by atoms with E-state index in [0.717, 1.165) is 25.7 Å². The van der Waals surface area contributed by atoms with Crippen molar-refractivity contribution in [2.24, 2.45) is 0 Å². The smallest absolute Gasteiger partial charge is 0.333 e. The molecule has 4 nitrogen and oxygen atoms in total. The van der Waals surface area contributed by atoms with Crippen LogP contribution in [0.5, 0.6) is 0 Å². The van der Waals surface area contributed by atoms with Crippen LogP contribution in [-0.4, -0.2) is 25.2 Å². The summed E-state index contributed by atoms with van der Waals surface area (Å²) >= 11 is 0. The minimum Gasteiger partial charge on any atom is -0.463 e. The maximum absolute atomic E-state index is 11.1. The third kappa shape index (κ3) is 16.5. The number of carbonyl (C=O) groups excluding carboxylic acids is 2. The third-order valence-corrected chi connectivity index (χ3v) is 2.86. The molecule has 0 bridgehead atoms. The molecule has 0 aliphatic heterocycles. The zero-order valence-electron chi connectivity index (χ0n) is 14.5. The van der Waals surface area contributed by atoms with Gasteiger partial charge in [-0.05, 0) is 19.3 Å². The van der Waals surface area contributed by atoms with Gasteiger partial charge in [0.05, 0.1) is 13.2 Å². The Kier molecular flexibility index (Phi) is 18.0. The lowest BCUT2D eigenvalue weighted by Gasteiger charge is -2.04. The van der Waals surface area contributed by atoms with Crippen LogP contribution in [0.1, 0.15) is 65.7 Å². The molecule has 0 N–H and O–H groups in total. The minimum absolute atomic E-state index is 0.237. The number of carbonyl (C=O) groups is 2. The fourth-order valence-corrected chi connectivity index (χ4v) is 1.32. The monoisotopic (exact) mass is 312 g/mol. The number of hydrogen-bond donors (Lipinski definition) is 0. The number of ether oxygens (including phenoxy) is 2. The van der Waals surface area contributed by atoms with E-state index >= 15 is 0 Å². The minimum atomic E-state index is -0.330. The zero-order valence-corrected chi connectivity index (χ0v) is 14.5. The summed E-state index contributed by atoms with van der Waals surface area (Å²) in [6, 6.07) is 0. The van der Waals surface area contributed by atoms with Crippen LogP contribution in [0.25, 0.3) is 0 Å². The van der Waals surface area contributed by atoms with Gasteiger partial charge in [-0.3, -0.25) is 0 Å². The first-order valence-electron chi connectivity index (χ1n) is 8.17. The zero-order chi connectivity index (χ0) is 17.2. The Labute approximate surface area is 135 Å². The van der Waals surface area contributed by atoms with Gasteiger partial charge in [0.15, 0.2) is 0 Å². The number of hydrogen-bond acceptors (Lipinski definition) is 4. The topological polar surface area (TPSA) is 52.6 Å². The van der Waals surface area contributed by atoms with Gasteiger partial charge in [0.1, 0.15) is 0 Å². The molecule has 4 heteroatoms. The SMILES string of the molecule is C=C(CC)C(=O)OCCCCCC.C=CC(=O)OCCCC. The summed E-state index contributed by atoms with van der Waals surface area (Å²) in [4.78, 5) is 21.4. The van der Waals surface area contributed by atoms with Crippen LogP contribution < -0.4 is 0 Å². The van der Waals surface area contributed by atoms with Crippen LogP contribution in [0.15, 0.2) is 24.8 Å². The molecule has 0 aromatic carbocycles. The van der Waals surface area contributed by atoms with Crippen molar-refractivity contribution in [2.75, 3.05) is 13.2 Å². The highest BCUT2D eigenvalue weighted by Crippen LogP contribution is 2.03. The molecule has 0 aliphatic rings. The second-order valence-corrected chi connectivity index (χ2v) is 4.88. The summed E-state index contributed by atoms with van der Waals surface area (Å²) in [5, 5.41) is 0. The highest BCUT2D eigenvalue weighted by molar-refractivity contribution is 5.87. The van der Waals surface area contributed by atoms with Gasteiger partial charge in [-0.1, -0.05) is 59.6 Å². The van der Waals surface area contributed by atoms with E-state index in [-0.39, 0.29) is 11.9 Å².